The molecule has 0 heterocycles. The van der Waals surface area contributed by atoms with Gasteiger partial charge in [0.1, 0.15) is 0 Å². The molecule has 3 atom stereocenters. The van der Waals surface area contributed by atoms with Gasteiger partial charge in [-0.05, 0) is 58.8 Å². The van der Waals surface area contributed by atoms with Crippen molar-refractivity contribution in [3.63, 3.8) is 0 Å². The first-order chi connectivity index (χ1) is 11.6. The normalized spacial score (nSPS) is 15.2. The molecule has 0 fully saturated rings. The maximum atomic E-state index is 6.17. The first-order valence-corrected chi connectivity index (χ1v) is 12.2. The van der Waals surface area contributed by atoms with Crippen molar-refractivity contribution in [2.24, 2.45) is 11.8 Å². The second kappa shape index (κ2) is 15.6. The molecular weight excluding hydrogens is 315 g/mol. The highest BCUT2D eigenvalue weighted by molar-refractivity contribution is 7.36. The Morgan fingerprint density at radius 2 is 1.46 bits per heavy atom. The van der Waals surface area contributed by atoms with Crippen molar-refractivity contribution < 1.29 is 9.47 Å². The highest BCUT2D eigenvalue weighted by Crippen LogP contribution is 2.38. The molecule has 146 valence electrons. The summed E-state index contributed by atoms with van der Waals surface area (Å²) in [6.45, 7) is 14.8. The minimum Gasteiger partial charge on any atom is -0.350 e. The third-order valence-electron chi connectivity index (χ3n) is 5.25. The summed E-state index contributed by atoms with van der Waals surface area (Å²) in [7, 11) is 1.06. The molecular formula is C21H45O2P. The quantitative estimate of drug-likeness (QED) is 0.160. The highest BCUT2D eigenvalue weighted by atomic mass is 31.1. The van der Waals surface area contributed by atoms with Crippen LogP contribution in [0.3, 0.4) is 0 Å². The van der Waals surface area contributed by atoms with Crippen LogP contribution in [0.15, 0.2) is 0 Å². The summed E-state index contributed by atoms with van der Waals surface area (Å²) >= 11 is 0. The van der Waals surface area contributed by atoms with Gasteiger partial charge in [0.2, 0.25) is 0 Å². The minimum absolute atomic E-state index is 0.412. The lowest BCUT2D eigenvalue weighted by molar-refractivity contribution is -0.263. The van der Waals surface area contributed by atoms with Gasteiger partial charge in [-0.2, -0.15) is 0 Å². The van der Waals surface area contributed by atoms with Crippen molar-refractivity contribution in [2.75, 3.05) is 26.0 Å². The summed E-state index contributed by atoms with van der Waals surface area (Å²) in [5.74, 6) is 0.824. The van der Waals surface area contributed by atoms with Crippen molar-refractivity contribution >= 4 is 8.58 Å². The fourth-order valence-electron chi connectivity index (χ4n) is 3.95. The van der Waals surface area contributed by atoms with E-state index < -0.39 is 5.79 Å². The zero-order valence-electron chi connectivity index (χ0n) is 17.5. The van der Waals surface area contributed by atoms with E-state index in [2.05, 4.69) is 41.3 Å². The Bertz CT molecular complexity index is 265. The summed E-state index contributed by atoms with van der Waals surface area (Å²) in [5, 5.41) is 0. The third kappa shape index (κ3) is 9.73. The smallest absolute Gasteiger partial charge is 0.168 e. The number of ether oxygens (including phenoxy) is 2. The van der Waals surface area contributed by atoms with Gasteiger partial charge in [-0.3, -0.25) is 0 Å². The van der Waals surface area contributed by atoms with Gasteiger partial charge >= 0.3 is 0 Å². The molecule has 24 heavy (non-hydrogen) atoms. The van der Waals surface area contributed by atoms with Gasteiger partial charge in [0, 0.05) is 19.1 Å². The van der Waals surface area contributed by atoms with Crippen LogP contribution in [0, 0.1) is 11.8 Å². The lowest BCUT2D eigenvalue weighted by Gasteiger charge is -2.41. The summed E-state index contributed by atoms with van der Waals surface area (Å²) < 4.78 is 12.3. The summed E-state index contributed by atoms with van der Waals surface area (Å²) in [5.41, 5.74) is 0. The van der Waals surface area contributed by atoms with E-state index in [0.717, 1.165) is 27.7 Å². The van der Waals surface area contributed by atoms with Gasteiger partial charge in [0.15, 0.2) is 5.79 Å². The summed E-state index contributed by atoms with van der Waals surface area (Å²) in [6.07, 6.45) is 13.3. The number of hydrogen-bond acceptors (Lipinski definition) is 2. The first-order valence-electron chi connectivity index (χ1n) is 10.5. The van der Waals surface area contributed by atoms with Crippen LogP contribution >= 0.6 is 8.58 Å². The Morgan fingerprint density at radius 1 is 0.833 bits per heavy atom. The molecule has 0 aliphatic heterocycles. The molecule has 0 aromatic carbocycles. The standard InChI is InChI=1S/C21H45O2P/c1-7-11-12-13-14-16-19(8-2)20(17-15-18-24-6)21(5,22-9-3)23-10-4/h19-20,24H,7-18H2,1-6H3. The van der Waals surface area contributed by atoms with Gasteiger partial charge in [0.25, 0.3) is 0 Å². The average molecular weight is 361 g/mol. The number of rotatable bonds is 17. The maximum absolute atomic E-state index is 6.17. The van der Waals surface area contributed by atoms with E-state index in [-0.39, 0.29) is 0 Å². The van der Waals surface area contributed by atoms with E-state index >= 15 is 0 Å². The Balaban J connectivity index is 4.88. The molecule has 0 aromatic heterocycles. The lowest BCUT2D eigenvalue weighted by Crippen LogP contribution is -2.44. The molecule has 3 unspecified atom stereocenters. The highest BCUT2D eigenvalue weighted by Gasteiger charge is 2.39. The van der Waals surface area contributed by atoms with Crippen molar-refractivity contribution in [1.82, 2.24) is 0 Å². The maximum Gasteiger partial charge on any atom is 0.168 e. The molecule has 0 amide bonds. The Labute approximate surface area is 154 Å². The molecule has 2 nitrogen and oxygen atoms in total. The molecule has 0 aliphatic rings. The monoisotopic (exact) mass is 360 g/mol. The van der Waals surface area contributed by atoms with E-state index in [1.807, 2.05) is 0 Å². The molecule has 0 saturated carbocycles. The third-order valence-corrected chi connectivity index (χ3v) is 6.10. The predicted octanol–water partition coefficient (Wildman–Crippen LogP) is 6.87. The van der Waals surface area contributed by atoms with Gasteiger partial charge in [-0.25, -0.2) is 0 Å². The van der Waals surface area contributed by atoms with Crippen LogP contribution in [0.1, 0.15) is 92.4 Å². The molecule has 0 saturated heterocycles. The fraction of sp³-hybridized carbons (Fsp3) is 1.00. The van der Waals surface area contributed by atoms with Crippen LogP contribution in [-0.4, -0.2) is 31.8 Å². The second-order valence-corrected chi connectivity index (χ2v) is 8.31. The first kappa shape index (κ1) is 24.4. The molecule has 0 spiro atoms. The molecule has 0 N–H and O–H groups in total. The second-order valence-electron chi connectivity index (χ2n) is 7.11. The average Bonchev–Trinajstić information content (AvgIpc) is 2.56. The predicted molar refractivity (Wildman–Crippen MR) is 111 cm³/mol. The van der Waals surface area contributed by atoms with Crippen LogP contribution in [0.2, 0.25) is 0 Å². The SMILES string of the molecule is CCCCCCCC(CC)C(CCCPC)C(C)(OCC)OCC. The van der Waals surface area contributed by atoms with Crippen LogP contribution < -0.4 is 0 Å². The van der Waals surface area contributed by atoms with E-state index in [4.69, 9.17) is 9.47 Å². The largest absolute Gasteiger partial charge is 0.350 e. The fourth-order valence-corrected chi connectivity index (χ4v) is 4.51. The van der Waals surface area contributed by atoms with E-state index in [1.54, 1.807) is 0 Å². The lowest BCUT2D eigenvalue weighted by atomic mass is 9.78. The van der Waals surface area contributed by atoms with E-state index in [0.29, 0.717) is 5.92 Å². The molecule has 0 aromatic rings. The van der Waals surface area contributed by atoms with Crippen molar-refractivity contribution in [2.45, 2.75) is 98.2 Å². The van der Waals surface area contributed by atoms with Crippen molar-refractivity contribution in [1.29, 1.82) is 0 Å². The molecule has 0 radical (unpaired) electrons. The topological polar surface area (TPSA) is 18.5 Å². The van der Waals surface area contributed by atoms with Crippen LogP contribution in [0.25, 0.3) is 0 Å². The number of hydrogen-bond donors (Lipinski definition) is 0. The van der Waals surface area contributed by atoms with Crippen molar-refractivity contribution in [3.05, 3.63) is 0 Å². The zero-order chi connectivity index (χ0) is 18.3. The number of unbranched alkanes of at least 4 members (excludes halogenated alkanes) is 4. The molecule has 0 bridgehead atoms. The van der Waals surface area contributed by atoms with E-state index in [1.165, 1.54) is 63.9 Å². The Hall–Kier alpha value is 0.350. The Morgan fingerprint density at radius 3 is 1.96 bits per heavy atom. The van der Waals surface area contributed by atoms with Gasteiger partial charge in [0.05, 0.1) is 0 Å². The van der Waals surface area contributed by atoms with Crippen molar-refractivity contribution in [3.8, 4) is 0 Å². The molecule has 3 heteroatoms. The molecule has 0 rings (SSSR count). The van der Waals surface area contributed by atoms with E-state index in [9.17, 15) is 0 Å². The minimum atomic E-state index is -0.412. The molecule has 0 aliphatic carbocycles. The van der Waals surface area contributed by atoms with Crippen LogP contribution in [0.5, 0.6) is 0 Å². The van der Waals surface area contributed by atoms with Crippen LogP contribution in [0.4, 0.5) is 0 Å². The zero-order valence-corrected chi connectivity index (χ0v) is 18.5. The van der Waals surface area contributed by atoms with Crippen LogP contribution in [-0.2, 0) is 9.47 Å². The van der Waals surface area contributed by atoms with Gasteiger partial charge < -0.3 is 9.47 Å². The Kier molecular flexibility index (Phi) is 15.8. The van der Waals surface area contributed by atoms with Gasteiger partial charge in [-0.1, -0.05) is 52.4 Å². The summed E-state index contributed by atoms with van der Waals surface area (Å²) in [6, 6.07) is 0. The summed E-state index contributed by atoms with van der Waals surface area (Å²) in [4.78, 5) is 0. The van der Waals surface area contributed by atoms with Gasteiger partial charge in [-0.15, -0.1) is 8.58 Å².